The maximum absolute atomic E-state index is 13.3. The van der Waals surface area contributed by atoms with Gasteiger partial charge in [-0.2, -0.15) is 0 Å². The number of thiophene rings is 1. The van der Waals surface area contributed by atoms with E-state index in [0.717, 1.165) is 22.4 Å². The smallest absolute Gasteiger partial charge is 0.341 e. The Morgan fingerprint density at radius 1 is 1.00 bits per heavy atom. The summed E-state index contributed by atoms with van der Waals surface area (Å²) in [6.45, 7) is 3.72. The zero-order chi connectivity index (χ0) is 25.9. The van der Waals surface area contributed by atoms with Crippen molar-refractivity contribution < 1.29 is 23.9 Å². The maximum Gasteiger partial charge on any atom is 0.341 e. The summed E-state index contributed by atoms with van der Waals surface area (Å²) in [6, 6.07) is 13.1. The van der Waals surface area contributed by atoms with Crippen LogP contribution in [0.1, 0.15) is 52.1 Å². The Bertz CT molecular complexity index is 1510. The molecule has 1 aliphatic rings. The topological polar surface area (TPSA) is 107 Å². The van der Waals surface area contributed by atoms with Gasteiger partial charge in [0.25, 0.3) is 5.91 Å². The summed E-state index contributed by atoms with van der Waals surface area (Å²) in [5.41, 5.74) is 4.68. The number of carbonyl (C=O) groups excluding carboxylic acids is 3. The molecular weight excluding hydrogens is 490 g/mol. The van der Waals surface area contributed by atoms with E-state index in [1.807, 2.05) is 18.2 Å². The zero-order valence-corrected chi connectivity index (χ0v) is 21.3. The lowest BCUT2D eigenvalue weighted by Crippen LogP contribution is -2.32. The third-order valence-electron chi connectivity index (χ3n) is 6.26. The van der Waals surface area contributed by atoms with Gasteiger partial charge in [0.1, 0.15) is 10.5 Å². The average Bonchev–Trinajstić information content (AvgIpc) is 3.29. The Balaban J connectivity index is 1.43. The maximum atomic E-state index is 13.3. The van der Waals surface area contributed by atoms with Gasteiger partial charge in [0.2, 0.25) is 0 Å². The van der Waals surface area contributed by atoms with Crippen LogP contribution in [0, 0.1) is 0 Å². The zero-order valence-electron chi connectivity index (χ0n) is 20.4. The molecule has 0 saturated heterocycles. The number of nitrogens with one attached hydrogen (secondary N) is 1. The largest absolute Gasteiger partial charge is 0.462 e. The quantitative estimate of drug-likeness (QED) is 0.337. The molecule has 0 saturated carbocycles. The van der Waals surface area contributed by atoms with Crippen LogP contribution in [-0.2, 0) is 27.1 Å². The molecule has 37 heavy (non-hydrogen) atoms. The summed E-state index contributed by atoms with van der Waals surface area (Å²) in [5, 5.41) is 3.26. The van der Waals surface area contributed by atoms with Crippen LogP contribution in [0.3, 0.4) is 0 Å². The van der Waals surface area contributed by atoms with Gasteiger partial charge in [0.05, 0.1) is 23.3 Å². The second-order valence-electron chi connectivity index (χ2n) is 8.51. The van der Waals surface area contributed by atoms with E-state index in [0.29, 0.717) is 28.0 Å². The van der Waals surface area contributed by atoms with Crippen molar-refractivity contribution in [3.05, 3.63) is 77.1 Å². The number of nitrogens with zero attached hydrogens (tertiary/aromatic N) is 2. The van der Waals surface area contributed by atoms with Crippen LogP contribution < -0.4 is 5.32 Å². The van der Waals surface area contributed by atoms with Crippen molar-refractivity contribution in [1.82, 2.24) is 9.97 Å². The molecule has 0 aliphatic heterocycles. The van der Waals surface area contributed by atoms with E-state index in [-0.39, 0.29) is 18.6 Å². The van der Waals surface area contributed by atoms with Crippen LogP contribution in [0.25, 0.3) is 21.5 Å². The van der Waals surface area contributed by atoms with Crippen LogP contribution in [0.15, 0.2) is 54.9 Å². The second-order valence-corrected chi connectivity index (χ2v) is 9.53. The van der Waals surface area contributed by atoms with E-state index >= 15 is 0 Å². The summed E-state index contributed by atoms with van der Waals surface area (Å²) in [7, 11) is 0. The summed E-state index contributed by atoms with van der Waals surface area (Å²) in [4.78, 5) is 48.7. The van der Waals surface area contributed by atoms with Crippen molar-refractivity contribution in [3.8, 4) is 10.4 Å². The third-order valence-corrected chi connectivity index (χ3v) is 7.44. The molecule has 1 unspecified atom stereocenters. The number of rotatable bonds is 7. The van der Waals surface area contributed by atoms with Crippen molar-refractivity contribution in [2.75, 3.05) is 11.9 Å². The fourth-order valence-electron chi connectivity index (χ4n) is 4.51. The van der Waals surface area contributed by atoms with Gasteiger partial charge >= 0.3 is 11.9 Å². The minimum absolute atomic E-state index is 0.219. The lowest BCUT2D eigenvalue weighted by molar-refractivity contribution is -0.124. The highest BCUT2D eigenvalue weighted by Gasteiger charge is 2.31. The van der Waals surface area contributed by atoms with Crippen molar-refractivity contribution in [3.63, 3.8) is 0 Å². The van der Waals surface area contributed by atoms with E-state index in [4.69, 9.17) is 9.47 Å². The van der Waals surface area contributed by atoms with E-state index in [9.17, 15) is 14.4 Å². The lowest BCUT2D eigenvalue weighted by atomic mass is 9.89. The number of benzene rings is 2. The lowest BCUT2D eigenvalue weighted by Gasteiger charge is -2.17. The summed E-state index contributed by atoms with van der Waals surface area (Å²) >= 11 is 1.34. The highest BCUT2D eigenvalue weighted by atomic mass is 32.1. The first-order chi connectivity index (χ1) is 18.0. The molecule has 0 radical (unpaired) electrons. The Labute approximate surface area is 217 Å². The van der Waals surface area contributed by atoms with Gasteiger partial charge in [-0.05, 0) is 55.0 Å². The van der Waals surface area contributed by atoms with Gasteiger partial charge < -0.3 is 14.8 Å². The monoisotopic (exact) mass is 515 g/mol. The number of hydrogen-bond acceptors (Lipinski definition) is 8. The van der Waals surface area contributed by atoms with Crippen LogP contribution in [0.2, 0.25) is 0 Å². The molecule has 1 atom stereocenters. The van der Waals surface area contributed by atoms with E-state index in [1.165, 1.54) is 23.1 Å². The van der Waals surface area contributed by atoms with E-state index in [2.05, 4.69) is 21.4 Å². The molecule has 8 nitrogen and oxygen atoms in total. The average molecular weight is 516 g/mol. The van der Waals surface area contributed by atoms with Crippen LogP contribution in [0.5, 0.6) is 0 Å². The second kappa shape index (κ2) is 10.5. The van der Waals surface area contributed by atoms with Crippen molar-refractivity contribution in [1.29, 1.82) is 0 Å². The summed E-state index contributed by atoms with van der Waals surface area (Å²) in [5.74, 6) is -1.66. The number of esters is 2. The van der Waals surface area contributed by atoms with Gasteiger partial charge in [-0.1, -0.05) is 37.3 Å². The first-order valence-electron chi connectivity index (χ1n) is 12.1. The SMILES string of the molecule is CCOC(=O)c1c(NC(=O)C(CC)OC(=O)c2cccc3nccnc23)sc2c1CCc1ccccc1-2. The van der Waals surface area contributed by atoms with Crippen LogP contribution in [-0.4, -0.2) is 40.5 Å². The number of aryl methyl sites for hydroxylation is 1. The normalized spacial score (nSPS) is 12.8. The standard InChI is InChI=1S/C28H25N3O5S/c1-3-21(36-27(33)19-10-7-11-20-23(19)30-15-14-29-20)25(32)31-26-22(28(34)35-4-2)18-13-12-16-8-5-6-9-17(16)24(18)37-26/h5-11,14-15,21H,3-4,12-13H2,1-2H3,(H,31,32). The first kappa shape index (κ1) is 24.6. The Kier molecular flexibility index (Phi) is 6.96. The van der Waals surface area contributed by atoms with Crippen molar-refractivity contribution in [2.45, 2.75) is 39.2 Å². The molecule has 1 aliphatic carbocycles. The Hall–Kier alpha value is -4.11. The van der Waals surface area contributed by atoms with E-state index in [1.54, 1.807) is 38.2 Å². The molecule has 9 heteroatoms. The molecule has 0 fully saturated rings. The molecule has 4 aromatic rings. The van der Waals surface area contributed by atoms with Crippen molar-refractivity contribution >= 4 is 45.2 Å². The minimum atomic E-state index is -1.07. The number of hydrogen-bond donors (Lipinski definition) is 1. The highest BCUT2D eigenvalue weighted by Crippen LogP contribution is 2.45. The van der Waals surface area contributed by atoms with Crippen LogP contribution in [0.4, 0.5) is 5.00 Å². The summed E-state index contributed by atoms with van der Waals surface area (Å²) in [6.07, 6.45) is 3.68. The fourth-order valence-corrected chi connectivity index (χ4v) is 5.81. The van der Waals surface area contributed by atoms with E-state index < -0.39 is 23.9 Å². The molecule has 2 aromatic heterocycles. The molecule has 188 valence electrons. The number of amides is 1. The highest BCUT2D eigenvalue weighted by molar-refractivity contribution is 7.20. The molecule has 2 heterocycles. The minimum Gasteiger partial charge on any atom is -0.462 e. The fraction of sp³-hybridized carbons (Fsp3) is 0.250. The number of carbonyl (C=O) groups is 3. The number of anilines is 1. The summed E-state index contributed by atoms with van der Waals surface area (Å²) < 4.78 is 10.9. The Morgan fingerprint density at radius 2 is 1.81 bits per heavy atom. The van der Waals surface area contributed by atoms with Gasteiger partial charge in [-0.25, -0.2) is 9.59 Å². The van der Waals surface area contributed by atoms with Gasteiger partial charge in [0, 0.05) is 17.3 Å². The molecule has 1 N–H and O–H groups in total. The molecule has 2 aromatic carbocycles. The number of ether oxygens (including phenoxy) is 2. The van der Waals surface area contributed by atoms with Gasteiger partial charge in [-0.3, -0.25) is 14.8 Å². The van der Waals surface area contributed by atoms with Crippen molar-refractivity contribution in [2.24, 2.45) is 0 Å². The molecule has 0 spiro atoms. The predicted molar refractivity (Wildman–Crippen MR) is 141 cm³/mol. The van der Waals surface area contributed by atoms with Gasteiger partial charge in [-0.15, -0.1) is 11.3 Å². The number of aromatic nitrogens is 2. The molecule has 5 rings (SSSR count). The predicted octanol–water partition coefficient (Wildman–Crippen LogP) is 5.21. The first-order valence-corrected chi connectivity index (χ1v) is 13.0. The Morgan fingerprint density at radius 3 is 2.62 bits per heavy atom. The van der Waals surface area contributed by atoms with Crippen LogP contribution >= 0.6 is 11.3 Å². The molecule has 0 bridgehead atoms. The number of para-hydroxylation sites is 1. The molecular formula is C28H25N3O5S. The third kappa shape index (κ3) is 4.70. The number of fused-ring (bicyclic) bond motifs is 4. The van der Waals surface area contributed by atoms with Gasteiger partial charge in [0.15, 0.2) is 6.10 Å². The molecule has 1 amide bonds.